The highest BCUT2D eigenvalue weighted by atomic mass is 16.5. The lowest BCUT2D eigenvalue weighted by Gasteiger charge is -2.21. The van der Waals surface area contributed by atoms with Crippen molar-refractivity contribution in [2.24, 2.45) is 11.8 Å². The molecule has 0 radical (unpaired) electrons. The van der Waals surface area contributed by atoms with Crippen LogP contribution in [0.4, 0.5) is 5.69 Å². The van der Waals surface area contributed by atoms with Gasteiger partial charge in [-0.05, 0) is 19.1 Å². The molecule has 1 amide bonds. The average Bonchev–Trinajstić information content (AvgIpc) is 3.01. The highest BCUT2D eigenvalue weighted by Crippen LogP contribution is 2.39. The summed E-state index contributed by atoms with van der Waals surface area (Å²) >= 11 is 0. The first kappa shape index (κ1) is 12.9. The molecule has 3 rings (SSSR count). The van der Waals surface area contributed by atoms with Crippen LogP contribution >= 0.6 is 0 Å². The van der Waals surface area contributed by atoms with E-state index >= 15 is 0 Å². The van der Waals surface area contributed by atoms with Gasteiger partial charge in [0.1, 0.15) is 5.92 Å². The van der Waals surface area contributed by atoms with Crippen LogP contribution in [-0.2, 0) is 14.3 Å². The molecule has 1 saturated heterocycles. The molecule has 0 aliphatic carbocycles. The van der Waals surface area contributed by atoms with Crippen LogP contribution in [0.5, 0.6) is 0 Å². The van der Waals surface area contributed by atoms with E-state index in [0.29, 0.717) is 5.69 Å². The molecule has 0 unspecified atom stereocenters. The molecule has 0 aromatic heterocycles. The molecule has 2 bridgehead atoms. The van der Waals surface area contributed by atoms with Crippen LogP contribution in [0.15, 0.2) is 36.4 Å². The summed E-state index contributed by atoms with van der Waals surface area (Å²) in [6.07, 6.45) is 2.56. The number of nitrogens with one attached hydrogen (secondary N) is 1. The van der Waals surface area contributed by atoms with Crippen LogP contribution in [0, 0.1) is 18.8 Å². The first-order chi connectivity index (χ1) is 9.56. The van der Waals surface area contributed by atoms with E-state index in [0.717, 1.165) is 5.56 Å². The van der Waals surface area contributed by atoms with E-state index in [1.807, 2.05) is 19.1 Å². The van der Waals surface area contributed by atoms with Gasteiger partial charge in [-0.2, -0.15) is 0 Å². The number of aliphatic carboxylic acids is 1. The van der Waals surface area contributed by atoms with Crippen molar-refractivity contribution in [3.63, 3.8) is 0 Å². The third-order valence-corrected chi connectivity index (χ3v) is 3.81. The summed E-state index contributed by atoms with van der Waals surface area (Å²) in [6.45, 7) is 1.96. The summed E-state index contributed by atoms with van der Waals surface area (Å²) in [6, 6.07) is 7.38. The molecule has 4 atom stereocenters. The Morgan fingerprint density at radius 1 is 1.10 bits per heavy atom. The number of hydrogen-bond acceptors (Lipinski definition) is 3. The minimum atomic E-state index is -0.995. The number of hydrogen-bond donors (Lipinski definition) is 2. The fourth-order valence-electron chi connectivity index (χ4n) is 2.78. The number of ether oxygens (including phenoxy) is 1. The van der Waals surface area contributed by atoms with Crippen molar-refractivity contribution >= 4 is 17.6 Å². The Labute approximate surface area is 116 Å². The number of carboxylic acid groups (broad SMARTS) is 1. The summed E-state index contributed by atoms with van der Waals surface area (Å²) in [7, 11) is 0. The van der Waals surface area contributed by atoms with Crippen molar-refractivity contribution in [2.45, 2.75) is 19.1 Å². The number of amides is 1. The molecule has 104 valence electrons. The van der Waals surface area contributed by atoms with Crippen molar-refractivity contribution in [1.82, 2.24) is 0 Å². The third-order valence-electron chi connectivity index (χ3n) is 3.81. The maximum atomic E-state index is 12.3. The van der Waals surface area contributed by atoms with Gasteiger partial charge in [-0.15, -0.1) is 0 Å². The Balaban J connectivity index is 1.78. The second kappa shape index (κ2) is 4.76. The number of fused-ring (bicyclic) bond motifs is 2. The molecular formula is C15H15NO4. The summed E-state index contributed by atoms with van der Waals surface area (Å²) in [4.78, 5) is 23.6. The zero-order chi connectivity index (χ0) is 14.3. The Morgan fingerprint density at radius 2 is 1.70 bits per heavy atom. The lowest BCUT2D eigenvalue weighted by atomic mass is 9.82. The predicted octanol–water partition coefficient (Wildman–Crippen LogP) is 1.59. The highest BCUT2D eigenvalue weighted by molar-refractivity contribution is 5.96. The lowest BCUT2D eigenvalue weighted by Crippen LogP contribution is -2.39. The first-order valence-corrected chi connectivity index (χ1v) is 6.50. The van der Waals surface area contributed by atoms with Gasteiger partial charge in [-0.25, -0.2) is 0 Å². The predicted molar refractivity (Wildman–Crippen MR) is 72.2 cm³/mol. The molecule has 2 N–H and O–H groups in total. The van der Waals surface area contributed by atoms with Gasteiger partial charge in [0.25, 0.3) is 0 Å². The lowest BCUT2D eigenvalue weighted by molar-refractivity contribution is -0.145. The summed E-state index contributed by atoms with van der Waals surface area (Å²) in [5.41, 5.74) is 1.76. The van der Waals surface area contributed by atoms with E-state index in [4.69, 9.17) is 4.74 Å². The van der Waals surface area contributed by atoms with Crippen LogP contribution in [-0.4, -0.2) is 29.2 Å². The fraction of sp³-hybridized carbons (Fsp3) is 0.333. The standard InChI is InChI=1S/C15H15NO4/c1-8-2-4-9(5-3-8)16-14(17)12-10-6-7-11(20-10)13(12)15(18)19/h2-7,10-13H,1H3,(H,16,17)(H,18,19)/t10-,11+,12+,13+/m1/s1. The van der Waals surface area contributed by atoms with Crippen LogP contribution in [0.25, 0.3) is 0 Å². The minimum Gasteiger partial charge on any atom is -0.481 e. The largest absolute Gasteiger partial charge is 0.481 e. The van der Waals surface area contributed by atoms with Gasteiger partial charge in [0.2, 0.25) is 5.91 Å². The minimum absolute atomic E-state index is 0.307. The summed E-state index contributed by atoms with van der Waals surface area (Å²) in [5, 5.41) is 12.0. The molecule has 1 fully saturated rings. The van der Waals surface area contributed by atoms with Crippen LogP contribution < -0.4 is 5.32 Å². The first-order valence-electron chi connectivity index (χ1n) is 6.50. The number of benzene rings is 1. The van der Waals surface area contributed by atoms with Crippen molar-refractivity contribution < 1.29 is 19.4 Å². The van der Waals surface area contributed by atoms with E-state index in [-0.39, 0.29) is 5.91 Å². The Morgan fingerprint density at radius 3 is 2.30 bits per heavy atom. The van der Waals surface area contributed by atoms with E-state index in [1.165, 1.54) is 0 Å². The average molecular weight is 273 g/mol. The second-order valence-corrected chi connectivity index (χ2v) is 5.20. The van der Waals surface area contributed by atoms with Gasteiger partial charge in [0.15, 0.2) is 0 Å². The van der Waals surface area contributed by atoms with Gasteiger partial charge in [-0.1, -0.05) is 29.8 Å². The molecule has 20 heavy (non-hydrogen) atoms. The van der Waals surface area contributed by atoms with Crippen LogP contribution in [0.2, 0.25) is 0 Å². The van der Waals surface area contributed by atoms with E-state index < -0.39 is 30.0 Å². The van der Waals surface area contributed by atoms with Crippen LogP contribution in [0.1, 0.15) is 5.56 Å². The number of carbonyl (C=O) groups excluding carboxylic acids is 1. The number of carboxylic acids is 1. The van der Waals surface area contributed by atoms with Gasteiger partial charge in [-0.3, -0.25) is 9.59 Å². The van der Waals surface area contributed by atoms with E-state index in [1.54, 1.807) is 24.3 Å². The maximum Gasteiger partial charge on any atom is 0.310 e. The Hall–Kier alpha value is -2.14. The SMILES string of the molecule is Cc1ccc(NC(=O)[C@@H]2[C@@H](C(=O)O)[C@@H]3C=C[C@H]2O3)cc1. The van der Waals surface area contributed by atoms with E-state index in [2.05, 4.69) is 5.32 Å². The molecular weight excluding hydrogens is 258 g/mol. The molecule has 2 aliphatic rings. The smallest absolute Gasteiger partial charge is 0.310 e. The van der Waals surface area contributed by atoms with E-state index in [9.17, 15) is 14.7 Å². The molecule has 5 heteroatoms. The topological polar surface area (TPSA) is 75.6 Å². The molecule has 1 aromatic carbocycles. The Bertz CT molecular complexity index is 578. The molecule has 0 saturated carbocycles. The molecule has 1 aromatic rings. The van der Waals surface area contributed by atoms with Gasteiger partial charge in [0, 0.05) is 5.69 Å². The normalized spacial score (nSPS) is 30.4. The van der Waals surface area contributed by atoms with Crippen molar-refractivity contribution in [3.8, 4) is 0 Å². The third kappa shape index (κ3) is 2.10. The molecule has 5 nitrogen and oxygen atoms in total. The zero-order valence-electron chi connectivity index (χ0n) is 10.9. The number of rotatable bonds is 3. The van der Waals surface area contributed by atoms with Crippen molar-refractivity contribution in [3.05, 3.63) is 42.0 Å². The highest BCUT2D eigenvalue weighted by Gasteiger charge is 2.53. The van der Waals surface area contributed by atoms with Gasteiger partial charge in [0.05, 0.1) is 18.1 Å². The number of carbonyl (C=O) groups is 2. The van der Waals surface area contributed by atoms with Crippen molar-refractivity contribution in [2.75, 3.05) is 5.32 Å². The molecule has 0 spiro atoms. The Kier molecular flexibility index (Phi) is 3.06. The van der Waals surface area contributed by atoms with Crippen molar-refractivity contribution in [1.29, 1.82) is 0 Å². The fourth-order valence-corrected chi connectivity index (χ4v) is 2.78. The molecule has 2 aliphatic heterocycles. The quantitative estimate of drug-likeness (QED) is 0.820. The second-order valence-electron chi connectivity index (χ2n) is 5.20. The summed E-state index contributed by atoms with van der Waals surface area (Å²) in [5.74, 6) is -2.79. The number of aryl methyl sites for hydroxylation is 1. The molecule has 2 heterocycles. The maximum absolute atomic E-state index is 12.3. The van der Waals surface area contributed by atoms with Crippen LogP contribution in [0.3, 0.4) is 0 Å². The zero-order valence-corrected chi connectivity index (χ0v) is 10.9. The van der Waals surface area contributed by atoms with Gasteiger partial charge >= 0.3 is 5.97 Å². The van der Waals surface area contributed by atoms with Gasteiger partial charge < -0.3 is 15.2 Å². The summed E-state index contributed by atoms with van der Waals surface area (Å²) < 4.78 is 5.48. The number of anilines is 1. The monoisotopic (exact) mass is 273 g/mol.